The summed E-state index contributed by atoms with van der Waals surface area (Å²) in [7, 11) is 0. The SMILES string of the molecule is Cc1cc(NC(=O)C(=O)Nc2ccc(Cl)c([N+](=O)[O-])c2)ccc1Br. The van der Waals surface area contributed by atoms with Gasteiger partial charge < -0.3 is 10.6 Å². The van der Waals surface area contributed by atoms with E-state index in [2.05, 4.69) is 26.6 Å². The highest BCUT2D eigenvalue weighted by molar-refractivity contribution is 9.10. The summed E-state index contributed by atoms with van der Waals surface area (Å²) < 4.78 is 0.874. The predicted molar refractivity (Wildman–Crippen MR) is 94.2 cm³/mol. The molecule has 0 fully saturated rings. The number of carbonyl (C=O) groups excluding carboxylic acids is 2. The van der Waals surface area contributed by atoms with Crippen LogP contribution >= 0.6 is 27.5 Å². The summed E-state index contributed by atoms with van der Waals surface area (Å²) in [4.78, 5) is 33.9. The van der Waals surface area contributed by atoms with Gasteiger partial charge in [0, 0.05) is 21.9 Å². The average molecular weight is 413 g/mol. The molecular formula is C15H11BrClN3O4. The first-order valence-corrected chi connectivity index (χ1v) is 7.77. The van der Waals surface area contributed by atoms with E-state index in [1.165, 1.54) is 12.1 Å². The van der Waals surface area contributed by atoms with Crippen LogP contribution in [-0.2, 0) is 9.59 Å². The molecule has 2 rings (SSSR count). The summed E-state index contributed by atoms with van der Waals surface area (Å²) in [6, 6.07) is 8.79. The van der Waals surface area contributed by atoms with Crippen molar-refractivity contribution in [1.29, 1.82) is 0 Å². The first-order chi connectivity index (χ1) is 11.3. The fourth-order valence-electron chi connectivity index (χ4n) is 1.83. The number of rotatable bonds is 3. The summed E-state index contributed by atoms with van der Waals surface area (Å²) >= 11 is 9.02. The lowest BCUT2D eigenvalue weighted by Crippen LogP contribution is -2.29. The number of halogens is 2. The van der Waals surface area contributed by atoms with E-state index in [4.69, 9.17) is 11.6 Å². The predicted octanol–water partition coefficient (Wildman–Crippen LogP) is 3.90. The highest BCUT2D eigenvalue weighted by Gasteiger charge is 2.17. The van der Waals surface area contributed by atoms with Gasteiger partial charge in [0.2, 0.25) is 0 Å². The topological polar surface area (TPSA) is 101 Å². The van der Waals surface area contributed by atoms with E-state index >= 15 is 0 Å². The minimum atomic E-state index is -0.952. The number of hydrogen-bond acceptors (Lipinski definition) is 4. The third-order valence-electron chi connectivity index (χ3n) is 3.02. The standard InChI is InChI=1S/C15H11BrClN3O4/c1-8-6-9(2-4-11(8)16)18-14(21)15(22)19-10-3-5-12(17)13(7-10)20(23)24/h2-7H,1H3,(H,18,21)(H,19,22). The monoisotopic (exact) mass is 411 g/mol. The normalized spacial score (nSPS) is 10.1. The lowest BCUT2D eigenvalue weighted by Gasteiger charge is -2.08. The van der Waals surface area contributed by atoms with E-state index in [-0.39, 0.29) is 16.4 Å². The molecule has 7 nitrogen and oxygen atoms in total. The fourth-order valence-corrected chi connectivity index (χ4v) is 2.26. The third kappa shape index (κ3) is 4.30. The highest BCUT2D eigenvalue weighted by Crippen LogP contribution is 2.27. The van der Waals surface area contributed by atoms with Crippen LogP contribution in [0.3, 0.4) is 0 Å². The van der Waals surface area contributed by atoms with Crippen LogP contribution in [0.4, 0.5) is 17.1 Å². The van der Waals surface area contributed by atoms with Crippen molar-refractivity contribution < 1.29 is 14.5 Å². The minimum absolute atomic E-state index is 0.0622. The van der Waals surface area contributed by atoms with Crippen LogP contribution in [0.15, 0.2) is 40.9 Å². The number of nitrogens with one attached hydrogen (secondary N) is 2. The smallest absolute Gasteiger partial charge is 0.314 e. The lowest BCUT2D eigenvalue weighted by molar-refractivity contribution is -0.384. The molecule has 0 bridgehead atoms. The van der Waals surface area contributed by atoms with Crippen molar-refractivity contribution in [3.63, 3.8) is 0 Å². The summed E-state index contributed by atoms with van der Waals surface area (Å²) in [5, 5.41) is 15.5. The molecule has 9 heteroatoms. The second-order valence-electron chi connectivity index (χ2n) is 4.80. The maximum Gasteiger partial charge on any atom is 0.314 e. The Balaban J connectivity index is 2.09. The quantitative estimate of drug-likeness (QED) is 0.453. The zero-order valence-corrected chi connectivity index (χ0v) is 14.6. The van der Waals surface area contributed by atoms with Gasteiger partial charge in [-0.25, -0.2) is 0 Å². The van der Waals surface area contributed by atoms with Crippen molar-refractivity contribution in [2.45, 2.75) is 6.92 Å². The van der Waals surface area contributed by atoms with Gasteiger partial charge in [-0.15, -0.1) is 0 Å². The van der Waals surface area contributed by atoms with E-state index in [0.29, 0.717) is 5.69 Å². The molecule has 0 saturated heterocycles. The summed E-state index contributed by atoms with van der Waals surface area (Å²) in [6.45, 7) is 1.84. The minimum Gasteiger partial charge on any atom is -0.318 e. The van der Waals surface area contributed by atoms with Gasteiger partial charge in [-0.05, 0) is 42.8 Å². The first-order valence-electron chi connectivity index (χ1n) is 6.60. The zero-order valence-electron chi connectivity index (χ0n) is 12.3. The van der Waals surface area contributed by atoms with Gasteiger partial charge >= 0.3 is 11.8 Å². The fraction of sp³-hybridized carbons (Fsp3) is 0.0667. The van der Waals surface area contributed by atoms with E-state index in [1.54, 1.807) is 18.2 Å². The molecule has 0 radical (unpaired) electrons. The van der Waals surface area contributed by atoms with Crippen molar-refractivity contribution in [3.05, 3.63) is 61.6 Å². The number of aryl methyl sites for hydroxylation is 1. The van der Waals surface area contributed by atoms with Crippen molar-refractivity contribution in [2.24, 2.45) is 0 Å². The van der Waals surface area contributed by atoms with Crippen LogP contribution in [0.2, 0.25) is 5.02 Å². The van der Waals surface area contributed by atoms with E-state index in [9.17, 15) is 19.7 Å². The number of benzene rings is 2. The molecule has 0 aliphatic heterocycles. The Morgan fingerprint density at radius 3 is 2.17 bits per heavy atom. The molecule has 0 saturated carbocycles. The van der Waals surface area contributed by atoms with Gasteiger partial charge in [0.25, 0.3) is 5.69 Å². The van der Waals surface area contributed by atoms with Crippen molar-refractivity contribution in [2.75, 3.05) is 10.6 Å². The number of amides is 2. The molecule has 2 aromatic rings. The van der Waals surface area contributed by atoms with Crippen LogP contribution in [0.5, 0.6) is 0 Å². The molecule has 2 aromatic carbocycles. The first kappa shape index (κ1) is 17.9. The van der Waals surface area contributed by atoms with Crippen LogP contribution in [0.25, 0.3) is 0 Å². The molecule has 2 amide bonds. The Bertz CT molecular complexity index is 841. The second-order valence-corrected chi connectivity index (χ2v) is 6.06. The van der Waals surface area contributed by atoms with E-state index < -0.39 is 16.7 Å². The summed E-state index contributed by atoms with van der Waals surface area (Å²) in [6.07, 6.45) is 0. The van der Waals surface area contributed by atoms with Crippen LogP contribution < -0.4 is 10.6 Å². The number of hydrogen-bond donors (Lipinski definition) is 2. The molecule has 0 aliphatic carbocycles. The van der Waals surface area contributed by atoms with Crippen LogP contribution in [-0.4, -0.2) is 16.7 Å². The average Bonchev–Trinajstić information content (AvgIpc) is 2.52. The van der Waals surface area contributed by atoms with Crippen LogP contribution in [0.1, 0.15) is 5.56 Å². The Morgan fingerprint density at radius 2 is 1.62 bits per heavy atom. The molecule has 0 unspecified atom stereocenters. The third-order valence-corrected chi connectivity index (χ3v) is 4.23. The molecule has 0 aliphatic rings. The van der Waals surface area contributed by atoms with E-state index in [0.717, 1.165) is 16.1 Å². The van der Waals surface area contributed by atoms with Gasteiger partial charge in [0.1, 0.15) is 5.02 Å². The van der Waals surface area contributed by atoms with E-state index in [1.807, 2.05) is 6.92 Å². The highest BCUT2D eigenvalue weighted by atomic mass is 79.9. The zero-order chi connectivity index (χ0) is 17.9. The van der Waals surface area contributed by atoms with Gasteiger partial charge in [0.05, 0.1) is 4.92 Å². The Morgan fingerprint density at radius 1 is 1.08 bits per heavy atom. The number of nitro benzene ring substituents is 1. The van der Waals surface area contributed by atoms with Crippen molar-refractivity contribution in [1.82, 2.24) is 0 Å². The molecule has 0 heterocycles. The van der Waals surface area contributed by atoms with Gasteiger partial charge in [-0.2, -0.15) is 0 Å². The molecule has 124 valence electrons. The maximum atomic E-state index is 11.9. The molecule has 24 heavy (non-hydrogen) atoms. The molecule has 0 spiro atoms. The number of nitro groups is 1. The molecule has 0 aromatic heterocycles. The summed E-state index contributed by atoms with van der Waals surface area (Å²) in [5.41, 5.74) is 1.08. The molecular weight excluding hydrogens is 402 g/mol. The number of nitrogens with zero attached hydrogens (tertiary/aromatic N) is 1. The lowest BCUT2D eigenvalue weighted by atomic mass is 10.2. The Kier molecular flexibility index (Phi) is 5.53. The van der Waals surface area contributed by atoms with Gasteiger partial charge in [-0.1, -0.05) is 27.5 Å². The van der Waals surface area contributed by atoms with Gasteiger partial charge in [-0.3, -0.25) is 19.7 Å². The Hall–Kier alpha value is -2.45. The number of anilines is 2. The van der Waals surface area contributed by atoms with Crippen LogP contribution in [0, 0.1) is 17.0 Å². The number of carbonyl (C=O) groups is 2. The maximum absolute atomic E-state index is 11.9. The largest absolute Gasteiger partial charge is 0.318 e. The summed E-state index contributed by atoms with van der Waals surface area (Å²) in [5.74, 6) is -1.85. The second kappa shape index (κ2) is 7.41. The Labute approximate surface area is 150 Å². The van der Waals surface area contributed by atoms with Crippen molar-refractivity contribution in [3.8, 4) is 0 Å². The molecule has 2 N–H and O–H groups in total. The van der Waals surface area contributed by atoms with Crippen molar-refractivity contribution >= 4 is 56.4 Å². The van der Waals surface area contributed by atoms with Gasteiger partial charge in [0.15, 0.2) is 0 Å². The molecule has 0 atom stereocenters.